The average Bonchev–Trinajstić information content (AvgIpc) is 3.14. The van der Waals surface area contributed by atoms with Gasteiger partial charge < -0.3 is 15.8 Å². The molecule has 3 rings (SSSR count). The van der Waals surface area contributed by atoms with E-state index in [2.05, 4.69) is 17.6 Å². The fourth-order valence-electron chi connectivity index (χ4n) is 3.69. The van der Waals surface area contributed by atoms with Crippen molar-refractivity contribution in [3.63, 3.8) is 0 Å². The van der Waals surface area contributed by atoms with Gasteiger partial charge in [-0.3, -0.25) is 14.9 Å². The summed E-state index contributed by atoms with van der Waals surface area (Å²) in [5, 5.41) is 6.30. The number of amides is 2. The highest BCUT2D eigenvalue weighted by Gasteiger charge is 2.21. The monoisotopic (exact) mass is 509 g/mol. The Bertz CT molecular complexity index is 1180. The molecule has 4 N–H and O–H groups in total. The molecule has 0 fully saturated rings. The number of para-hydroxylation sites is 1. The molecule has 1 heterocycles. The number of carbonyl (C=O) groups is 2. The average molecular weight is 510 g/mol. The summed E-state index contributed by atoms with van der Waals surface area (Å²) in [7, 11) is 0. The van der Waals surface area contributed by atoms with E-state index in [9.17, 15) is 9.59 Å². The van der Waals surface area contributed by atoms with E-state index in [-0.39, 0.29) is 11.0 Å². The highest BCUT2D eigenvalue weighted by atomic mass is 32.1. The molecule has 35 heavy (non-hydrogen) atoms. The first-order chi connectivity index (χ1) is 16.9. The highest BCUT2D eigenvalue weighted by molar-refractivity contribution is 7.80. The van der Waals surface area contributed by atoms with Crippen LogP contribution < -0.4 is 21.1 Å². The summed E-state index contributed by atoms with van der Waals surface area (Å²) < 4.78 is 5.85. The largest absolute Gasteiger partial charge is 0.493 e. The number of hydrogen-bond donors (Lipinski definition) is 3. The summed E-state index contributed by atoms with van der Waals surface area (Å²) in [6.45, 7) is 4.58. The lowest BCUT2D eigenvalue weighted by molar-refractivity contribution is 0.0971. The molecule has 0 radical (unpaired) electrons. The van der Waals surface area contributed by atoms with E-state index < -0.39 is 5.91 Å². The zero-order chi connectivity index (χ0) is 25.2. The number of hydrogen-bond acceptors (Lipinski definition) is 5. The summed E-state index contributed by atoms with van der Waals surface area (Å²) in [6, 6.07) is 17.1. The number of benzene rings is 2. The van der Waals surface area contributed by atoms with Crippen LogP contribution in [0.4, 0.5) is 5.00 Å². The standard InChI is InChI=1S/C27H31N3O3S2/c1-3-4-5-11-16-33-21-15-10-9-14-20(21)25(32)29-27(34)30-26-23(24(28)31)18(2)22(35-26)17-19-12-7-6-8-13-19/h6-10,12-15H,3-5,11,16-17H2,1-2H3,(H2,28,31)(H2,29,30,32,34). The maximum Gasteiger partial charge on any atom is 0.261 e. The Morgan fingerprint density at radius 2 is 1.74 bits per heavy atom. The van der Waals surface area contributed by atoms with Gasteiger partial charge >= 0.3 is 0 Å². The molecule has 8 heteroatoms. The second-order valence-corrected chi connectivity index (χ2v) is 9.71. The molecule has 0 saturated heterocycles. The Labute approximate surface area is 215 Å². The van der Waals surface area contributed by atoms with Crippen molar-refractivity contribution in [1.29, 1.82) is 0 Å². The van der Waals surface area contributed by atoms with Crippen molar-refractivity contribution in [1.82, 2.24) is 5.32 Å². The van der Waals surface area contributed by atoms with Crippen LogP contribution in [0, 0.1) is 6.92 Å². The van der Waals surface area contributed by atoms with E-state index in [1.165, 1.54) is 11.3 Å². The Balaban J connectivity index is 1.69. The molecule has 0 unspecified atom stereocenters. The number of anilines is 1. The first-order valence-electron chi connectivity index (χ1n) is 11.7. The molecule has 0 saturated carbocycles. The van der Waals surface area contributed by atoms with Gasteiger partial charge in [-0.15, -0.1) is 11.3 Å². The Morgan fingerprint density at radius 1 is 1.03 bits per heavy atom. The van der Waals surface area contributed by atoms with Gasteiger partial charge in [-0.2, -0.15) is 0 Å². The van der Waals surface area contributed by atoms with E-state index in [0.717, 1.165) is 41.7 Å². The van der Waals surface area contributed by atoms with E-state index in [4.69, 9.17) is 22.7 Å². The molecular formula is C27H31N3O3S2. The third-order valence-corrected chi connectivity index (χ3v) is 6.95. The Kier molecular flexibility index (Phi) is 9.81. The summed E-state index contributed by atoms with van der Waals surface area (Å²) in [6.07, 6.45) is 5.00. The minimum absolute atomic E-state index is 0.0859. The molecule has 0 aliphatic heterocycles. The quantitative estimate of drug-likeness (QED) is 0.223. The van der Waals surface area contributed by atoms with Crippen LogP contribution in [-0.4, -0.2) is 23.5 Å². The number of rotatable bonds is 11. The lowest BCUT2D eigenvalue weighted by Gasteiger charge is -2.13. The van der Waals surface area contributed by atoms with E-state index >= 15 is 0 Å². The summed E-state index contributed by atoms with van der Waals surface area (Å²) in [4.78, 5) is 26.1. The van der Waals surface area contributed by atoms with Crippen LogP contribution in [0.15, 0.2) is 54.6 Å². The minimum atomic E-state index is -0.545. The molecule has 2 aromatic carbocycles. The SMILES string of the molecule is CCCCCCOc1ccccc1C(=O)NC(=S)Nc1sc(Cc2ccccc2)c(C)c1C(N)=O. The highest BCUT2D eigenvalue weighted by Crippen LogP contribution is 2.34. The molecule has 3 aromatic rings. The maximum absolute atomic E-state index is 12.9. The van der Waals surface area contributed by atoms with Gasteiger partial charge in [0.2, 0.25) is 0 Å². The second kappa shape index (κ2) is 13.0. The molecule has 0 aliphatic rings. The number of carbonyl (C=O) groups excluding carboxylic acids is 2. The topological polar surface area (TPSA) is 93.4 Å². The van der Waals surface area contributed by atoms with Gasteiger partial charge in [0.15, 0.2) is 5.11 Å². The van der Waals surface area contributed by atoms with Crippen LogP contribution in [0.3, 0.4) is 0 Å². The fourth-order valence-corrected chi connectivity index (χ4v) is 5.20. The summed E-state index contributed by atoms with van der Waals surface area (Å²) in [5.41, 5.74) is 8.38. The molecule has 2 amide bonds. The molecule has 0 spiro atoms. The molecule has 0 bridgehead atoms. The van der Waals surface area contributed by atoms with Crippen LogP contribution in [0.2, 0.25) is 0 Å². The zero-order valence-corrected chi connectivity index (χ0v) is 21.7. The molecule has 184 valence electrons. The number of primary amides is 1. The maximum atomic E-state index is 12.9. The van der Waals surface area contributed by atoms with Crippen LogP contribution in [0.1, 0.15) is 69.3 Å². The normalized spacial score (nSPS) is 10.6. The molecule has 1 aromatic heterocycles. The van der Waals surface area contributed by atoms with Gasteiger partial charge in [-0.05, 0) is 48.8 Å². The van der Waals surface area contributed by atoms with Gasteiger partial charge in [0.05, 0.1) is 17.7 Å². The van der Waals surface area contributed by atoms with Crippen LogP contribution in [0.25, 0.3) is 0 Å². The Hall–Kier alpha value is -3.23. The lowest BCUT2D eigenvalue weighted by atomic mass is 10.1. The first-order valence-corrected chi connectivity index (χ1v) is 12.9. The van der Waals surface area contributed by atoms with Gasteiger partial charge in [0.1, 0.15) is 10.8 Å². The first kappa shape index (κ1) is 26.4. The van der Waals surface area contributed by atoms with Crippen molar-refractivity contribution >= 4 is 45.5 Å². The second-order valence-electron chi connectivity index (χ2n) is 8.19. The fraction of sp³-hybridized carbons (Fsp3) is 0.296. The summed E-state index contributed by atoms with van der Waals surface area (Å²) in [5.74, 6) is -0.416. The number of ether oxygens (including phenoxy) is 1. The third kappa shape index (κ3) is 7.37. The summed E-state index contributed by atoms with van der Waals surface area (Å²) >= 11 is 6.80. The van der Waals surface area contributed by atoms with Gasteiger partial charge in [-0.1, -0.05) is 68.7 Å². The predicted octanol–water partition coefficient (Wildman–Crippen LogP) is 5.83. The molecular weight excluding hydrogens is 478 g/mol. The van der Waals surface area contributed by atoms with Crippen molar-refractivity contribution in [2.24, 2.45) is 5.73 Å². The number of unbranched alkanes of at least 4 members (excludes halogenated alkanes) is 3. The number of thiocarbonyl (C=S) groups is 1. The van der Waals surface area contributed by atoms with Crippen molar-refractivity contribution in [3.05, 3.63) is 81.7 Å². The molecule has 0 aliphatic carbocycles. The third-order valence-electron chi connectivity index (χ3n) is 5.54. The van der Waals surface area contributed by atoms with Gasteiger partial charge in [0.25, 0.3) is 11.8 Å². The van der Waals surface area contributed by atoms with Gasteiger partial charge in [0, 0.05) is 11.3 Å². The van der Waals surface area contributed by atoms with Crippen LogP contribution in [0.5, 0.6) is 5.75 Å². The van der Waals surface area contributed by atoms with E-state index in [0.29, 0.717) is 34.9 Å². The van der Waals surface area contributed by atoms with Crippen molar-refractivity contribution < 1.29 is 14.3 Å². The van der Waals surface area contributed by atoms with Crippen molar-refractivity contribution in [3.8, 4) is 5.75 Å². The molecule has 0 atom stereocenters. The zero-order valence-electron chi connectivity index (χ0n) is 20.1. The lowest BCUT2D eigenvalue weighted by Crippen LogP contribution is -2.34. The number of nitrogens with two attached hydrogens (primary N) is 1. The van der Waals surface area contributed by atoms with Crippen molar-refractivity contribution in [2.75, 3.05) is 11.9 Å². The predicted molar refractivity (Wildman–Crippen MR) is 147 cm³/mol. The van der Waals surface area contributed by atoms with Crippen LogP contribution >= 0.6 is 23.6 Å². The molecule has 6 nitrogen and oxygen atoms in total. The van der Waals surface area contributed by atoms with E-state index in [1.807, 2.05) is 43.3 Å². The van der Waals surface area contributed by atoms with Crippen molar-refractivity contribution in [2.45, 2.75) is 46.0 Å². The smallest absolute Gasteiger partial charge is 0.261 e. The van der Waals surface area contributed by atoms with Gasteiger partial charge in [-0.25, -0.2) is 0 Å². The Morgan fingerprint density at radius 3 is 2.46 bits per heavy atom. The van der Waals surface area contributed by atoms with Crippen LogP contribution in [-0.2, 0) is 6.42 Å². The minimum Gasteiger partial charge on any atom is -0.493 e. The number of thiophene rings is 1. The number of nitrogens with one attached hydrogen (secondary N) is 2. The van der Waals surface area contributed by atoms with E-state index in [1.54, 1.807) is 18.2 Å².